The summed E-state index contributed by atoms with van der Waals surface area (Å²) in [6, 6.07) is 3.15. The second-order valence-corrected chi connectivity index (χ2v) is 5.92. The third kappa shape index (κ3) is 3.09. The quantitative estimate of drug-likeness (QED) is 0.787. The van der Waals surface area contributed by atoms with Crippen molar-refractivity contribution in [1.82, 2.24) is 0 Å². The first-order valence-corrected chi connectivity index (χ1v) is 6.92. The molecule has 0 saturated carbocycles. The lowest BCUT2D eigenvalue weighted by Gasteiger charge is -2.12. The van der Waals surface area contributed by atoms with Crippen molar-refractivity contribution in [2.45, 2.75) is 18.7 Å². The van der Waals surface area contributed by atoms with Gasteiger partial charge in [0.05, 0.1) is 0 Å². The number of halogens is 2. The van der Waals surface area contributed by atoms with Gasteiger partial charge in [-0.15, -0.1) is 0 Å². The molecule has 0 radical (unpaired) electrons. The van der Waals surface area contributed by atoms with Crippen LogP contribution >= 0.6 is 10.7 Å². The predicted molar refractivity (Wildman–Crippen MR) is 60.4 cm³/mol. The molecule has 0 fully saturated rings. The highest BCUT2D eigenvalue weighted by molar-refractivity contribution is 8.13. The Hall–Kier alpha value is -0.810. The molecular weight excluding hydrogens is 255 g/mol. The van der Waals surface area contributed by atoms with E-state index in [0.29, 0.717) is 5.56 Å². The molecule has 0 aliphatic rings. The Morgan fingerprint density at radius 1 is 1.38 bits per heavy atom. The van der Waals surface area contributed by atoms with Crippen molar-refractivity contribution >= 4 is 19.7 Å². The van der Waals surface area contributed by atoms with Crippen LogP contribution in [0.15, 0.2) is 17.0 Å². The minimum Gasteiger partial charge on any atom is -0.489 e. The molecule has 0 atom stereocenters. The zero-order valence-corrected chi connectivity index (χ0v) is 10.5. The zero-order chi connectivity index (χ0) is 12.3. The molecule has 0 N–H and O–H groups in total. The number of hydrogen-bond donors (Lipinski definition) is 0. The fourth-order valence-corrected chi connectivity index (χ4v) is 2.53. The molecule has 0 amide bonds. The van der Waals surface area contributed by atoms with Gasteiger partial charge in [-0.1, -0.05) is 6.07 Å². The van der Waals surface area contributed by atoms with Crippen LogP contribution in [0.25, 0.3) is 0 Å². The lowest BCUT2D eigenvalue weighted by Crippen LogP contribution is -2.05. The molecule has 1 aromatic rings. The minimum atomic E-state index is -3.88. The van der Waals surface area contributed by atoms with Crippen molar-refractivity contribution in [3.05, 3.63) is 23.3 Å². The van der Waals surface area contributed by atoms with Gasteiger partial charge in [0.2, 0.25) is 0 Å². The molecule has 1 rings (SSSR count). The van der Waals surface area contributed by atoms with Crippen molar-refractivity contribution in [1.29, 1.82) is 0 Å². The molecule has 3 nitrogen and oxygen atoms in total. The Labute approximate surface area is 98.6 Å². The summed E-state index contributed by atoms with van der Waals surface area (Å²) in [6.45, 7) is 2.56. The number of rotatable bonds is 4. The molecule has 0 aliphatic carbocycles. The molecule has 0 aliphatic heterocycles. The van der Waals surface area contributed by atoms with E-state index in [2.05, 4.69) is 0 Å². The van der Waals surface area contributed by atoms with Gasteiger partial charge < -0.3 is 4.74 Å². The van der Waals surface area contributed by atoms with Gasteiger partial charge in [-0.25, -0.2) is 12.8 Å². The summed E-state index contributed by atoms with van der Waals surface area (Å²) in [5, 5.41) is 0. The molecule has 6 heteroatoms. The molecule has 1 aromatic carbocycles. The maximum atomic E-state index is 12.0. The summed E-state index contributed by atoms with van der Waals surface area (Å²) < 4.78 is 39.7. The van der Waals surface area contributed by atoms with E-state index in [-0.39, 0.29) is 17.3 Å². The Morgan fingerprint density at radius 3 is 2.50 bits per heavy atom. The van der Waals surface area contributed by atoms with Gasteiger partial charge in [0, 0.05) is 10.7 Å². The average Bonchev–Trinajstić information content (AvgIpc) is 2.14. The summed E-state index contributed by atoms with van der Waals surface area (Å²) in [7, 11) is 1.40. The van der Waals surface area contributed by atoms with Crippen molar-refractivity contribution in [3.63, 3.8) is 0 Å². The van der Waals surface area contributed by atoms with Gasteiger partial charge in [-0.3, -0.25) is 0 Å². The first kappa shape index (κ1) is 13.3. The Bertz CT molecular complexity index is 485. The lowest BCUT2D eigenvalue weighted by molar-refractivity contribution is 0.266. The molecule has 0 heterocycles. The topological polar surface area (TPSA) is 43.4 Å². The van der Waals surface area contributed by atoms with Gasteiger partial charge in [0.25, 0.3) is 9.05 Å². The zero-order valence-electron chi connectivity index (χ0n) is 8.96. The van der Waals surface area contributed by atoms with E-state index < -0.39 is 15.7 Å². The van der Waals surface area contributed by atoms with Crippen LogP contribution in [0.2, 0.25) is 0 Å². The highest BCUT2D eigenvalue weighted by Crippen LogP contribution is 2.31. The smallest absolute Gasteiger partial charge is 0.265 e. The average molecular weight is 267 g/mol. The van der Waals surface area contributed by atoms with Gasteiger partial charge in [-0.2, -0.15) is 0 Å². The maximum absolute atomic E-state index is 12.0. The second-order valence-electron chi connectivity index (χ2n) is 3.38. The van der Waals surface area contributed by atoms with Crippen LogP contribution in [-0.2, 0) is 9.05 Å². The van der Waals surface area contributed by atoms with Gasteiger partial charge in [-0.05, 0) is 31.0 Å². The Morgan fingerprint density at radius 2 is 2.00 bits per heavy atom. The van der Waals surface area contributed by atoms with E-state index in [1.165, 1.54) is 6.07 Å². The van der Waals surface area contributed by atoms with Crippen molar-refractivity contribution in [3.8, 4) is 5.75 Å². The first-order chi connectivity index (χ1) is 7.36. The van der Waals surface area contributed by atoms with E-state index in [0.717, 1.165) is 5.56 Å². The summed E-state index contributed by atoms with van der Waals surface area (Å²) in [6.07, 6.45) is 0. The van der Waals surface area contributed by atoms with Crippen molar-refractivity contribution in [2.24, 2.45) is 0 Å². The SMILES string of the molecule is Cc1cc(C)c(OCCF)c(S(=O)(=O)Cl)c1. The van der Waals surface area contributed by atoms with Crippen LogP contribution in [0.3, 0.4) is 0 Å². The number of alkyl halides is 1. The fourth-order valence-electron chi connectivity index (χ4n) is 1.42. The predicted octanol–water partition coefficient (Wildman–Crippen LogP) is 2.58. The van der Waals surface area contributed by atoms with Crippen LogP contribution in [0.4, 0.5) is 4.39 Å². The fraction of sp³-hybridized carbons (Fsp3) is 0.400. The van der Waals surface area contributed by atoms with Crippen molar-refractivity contribution < 1.29 is 17.5 Å². The largest absolute Gasteiger partial charge is 0.489 e. The van der Waals surface area contributed by atoms with E-state index in [1.807, 2.05) is 0 Å². The third-order valence-corrected chi connectivity index (χ3v) is 3.30. The Balaban J connectivity index is 3.33. The molecule has 0 spiro atoms. The Kier molecular flexibility index (Phi) is 4.15. The molecule has 0 saturated heterocycles. The number of benzene rings is 1. The second kappa shape index (κ2) is 5.01. The molecular formula is C10H12ClFO3S. The van der Waals surface area contributed by atoms with Crippen LogP contribution in [0, 0.1) is 13.8 Å². The van der Waals surface area contributed by atoms with Gasteiger partial charge in [0.1, 0.15) is 23.9 Å². The summed E-state index contributed by atoms with van der Waals surface area (Å²) in [5.41, 5.74) is 1.37. The van der Waals surface area contributed by atoms with Crippen LogP contribution in [0.1, 0.15) is 11.1 Å². The normalized spacial score (nSPS) is 11.5. The highest BCUT2D eigenvalue weighted by atomic mass is 35.7. The van der Waals surface area contributed by atoms with Crippen LogP contribution in [-0.4, -0.2) is 21.7 Å². The van der Waals surface area contributed by atoms with Gasteiger partial charge >= 0.3 is 0 Å². The van der Waals surface area contributed by atoms with Gasteiger partial charge in [0.15, 0.2) is 0 Å². The van der Waals surface area contributed by atoms with Crippen LogP contribution < -0.4 is 4.74 Å². The summed E-state index contributed by atoms with van der Waals surface area (Å²) in [5.74, 6) is 0.123. The summed E-state index contributed by atoms with van der Waals surface area (Å²) in [4.78, 5) is -0.111. The monoisotopic (exact) mass is 266 g/mol. The first-order valence-electron chi connectivity index (χ1n) is 4.61. The molecule has 0 unspecified atom stereocenters. The number of ether oxygens (including phenoxy) is 1. The minimum absolute atomic E-state index is 0.111. The van der Waals surface area contributed by atoms with E-state index in [9.17, 15) is 12.8 Å². The highest BCUT2D eigenvalue weighted by Gasteiger charge is 2.19. The third-order valence-electron chi connectivity index (χ3n) is 1.97. The maximum Gasteiger partial charge on any atom is 0.265 e. The van der Waals surface area contributed by atoms with Crippen molar-refractivity contribution in [2.75, 3.05) is 13.3 Å². The molecule has 90 valence electrons. The lowest BCUT2D eigenvalue weighted by atomic mass is 10.1. The van der Waals surface area contributed by atoms with E-state index in [1.54, 1.807) is 19.9 Å². The van der Waals surface area contributed by atoms with Crippen LogP contribution in [0.5, 0.6) is 5.75 Å². The summed E-state index contributed by atoms with van der Waals surface area (Å²) >= 11 is 0. The standard InChI is InChI=1S/C10H12ClFO3S/c1-7-5-8(2)10(15-4-3-12)9(6-7)16(11,13)14/h5-6H,3-4H2,1-2H3. The molecule has 0 aromatic heterocycles. The number of aryl methyl sites for hydroxylation is 2. The molecule has 16 heavy (non-hydrogen) atoms. The number of hydrogen-bond acceptors (Lipinski definition) is 3. The van der Waals surface area contributed by atoms with E-state index in [4.69, 9.17) is 15.4 Å². The molecule has 0 bridgehead atoms. The van der Waals surface area contributed by atoms with E-state index >= 15 is 0 Å².